The van der Waals surface area contributed by atoms with E-state index in [1.54, 1.807) is 12.2 Å². The minimum atomic E-state index is -0.124. The van der Waals surface area contributed by atoms with Gasteiger partial charge in [-0.15, -0.1) is 0 Å². The van der Waals surface area contributed by atoms with Gasteiger partial charge in [0.1, 0.15) is 0 Å². The van der Waals surface area contributed by atoms with Crippen LogP contribution in [0.3, 0.4) is 0 Å². The monoisotopic (exact) mass is 344 g/mol. The Labute approximate surface area is 155 Å². The van der Waals surface area contributed by atoms with Crippen molar-refractivity contribution in [1.29, 1.82) is 0 Å². The van der Waals surface area contributed by atoms with Crippen LogP contribution in [0.2, 0.25) is 0 Å². The topological polar surface area (TPSA) is 34.1 Å². The zero-order valence-electron chi connectivity index (χ0n) is 15.2. The second kappa shape index (κ2) is 7.65. The molecule has 0 heterocycles. The highest BCUT2D eigenvalue weighted by atomic mass is 16.1. The third kappa shape index (κ3) is 3.20. The van der Waals surface area contributed by atoms with Crippen LogP contribution >= 0.6 is 0 Å². The van der Waals surface area contributed by atoms with Crippen molar-refractivity contribution in [2.75, 3.05) is 0 Å². The number of hydrogen-bond acceptors (Lipinski definition) is 2. The van der Waals surface area contributed by atoms with E-state index in [0.717, 1.165) is 24.0 Å². The second-order valence-electron chi connectivity index (χ2n) is 6.96. The molecule has 26 heavy (non-hydrogen) atoms. The number of carbonyl (C=O) groups is 2. The third-order valence-electron chi connectivity index (χ3n) is 5.62. The fourth-order valence-corrected chi connectivity index (χ4v) is 4.10. The normalized spacial score (nSPS) is 19.9. The van der Waals surface area contributed by atoms with Crippen LogP contribution in [0.15, 0.2) is 61.7 Å². The third-order valence-corrected chi connectivity index (χ3v) is 5.62. The molecule has 2 atom stereocenters. The largest absolute Gasteiger partial charge is 0.294 e. The van der Waals surface area contributed by atoms with Crippen molar-refractivity contribution in [3.8, 4) is 0 Å². The van der Waals surface area contributed by atoms with E-state index in [0.29, 0.717) is 11.1 Å². The van der Waals surface area contributed by atoms with Crippen molar-refractivity contribution < 1.29 is 9.59 Å². The van der Waals surface area contributed by atoms with Crippen molar-refractivity contribution in [2.45, 2.75) is 19.8 Å². The van der Waals surface area contributed by atoms with Gasteiger partial charge >= 0.3 is 0 Å². The first kappa shape index (κ1) is 18.1. The zero-order chi connectivity index (χ0) is 18.7. The van der Waals surface area contributed by atoms with Gasteiger partial charge in [0.25, 0.3) is 0 Å². The zero-order valence-corrected chi connectivity index (χ0v) is 15.2. The van der Waals surface area contributed by atoms with Gasteiger partial charge in [-0.2, -0.15) is 0 Å². The van der Waals surface area contributed by atoms with Crippen LogP contribution in [0, 0.1) is 17.8 Å². The lowest BCUT2D eigenvalue weighted by Crippen LogP contribution is -2.25. The summed E-state index contributed by atoms with van der Waals surface area (Å²) in [5.41, 5.74) is 3.13. The van der Waals surface area contributed by atoms with E-state index >= 15 is 0 Å². The minimum absolute atomic E-state index is 0.0192. The summed E-state index contributed by atoms with van der Waals surface area (Å²) >= 11 is 0. The maximum Gasteiger partial charge on any atom is 0.166 e. The van der Waals surface area contributed by atoms with Crippen LogP contribution < -0.4 is 0 Å². The maximum absolute atomic E-state index is 13.1. The number of carbonyl (C=O) groups excluding carboxylic acids is 2. The van der Waals surface area contributed by atoms with E-state index in [1.165, 1.54) is 0 Å². The molecule has 0 radical (unpaired) electrons. The van der Waals surface area contributed by atoms with Gasteiger partial charge in [0.15, 0.2) is 11.6 Å². The summed E-state index contributed by atoms with van der Waals surface area (Å²) in [7, 11) is 0. The molecule has 0 aliphatic heterocycles. The van der Waals surface area contributed by atoms with Crippen LogP contribution in [0.4, 0.5) is 0 Å². The highest BCUT2D eigenvalue weighted by molar-refractivity contribution is 6.04. The van der Waals surface area contributed by atoms with Crippen molar-refractivity contribution in [3.05, 3.63) is 83.9 Å². The van der Waals surface area contributed by atoms with Crippen LogP contribution in [0.25, 0.3) is 12.2 Å². The molecule has 0 saturated heterocycles. The average molecular weight is 344 g/mol. The summed E-state index contributed by atoms with van der Waals surface area (Å²) in [6.07, 6.45) is 4.93. The molecule has 132 valence electrons. The molecule has 1 fully saturated rings. The van der Waals surface area contributed by atoms with E-state index in [1.807, 2.05) is 55.5 Å². The molecule has 1 saturated carbocycles. The summed E-state index contributed by atoms with van der Waals surface area (Å²) in [4.78, 5) is 26.2. The van der Waals surface area contributed by atoms with Gasteiger partial charge < -0.3 is 0 Å². The molecule has 2 nitrogen and oxygen atoms in total. The predicted octanol–water partition coefficient (Wildman–Crippen LogP) is 5.70. The number of rotatable bonds is 6. The smallest absolute Gasteiger partial charge is 0.166 e. The fraction of sp³-hybridized carbons (Fsp3) is 0.250. The molecule has 0 spiro atoms. The Morgan fingerprint density at radius 3 is 1.58 bits per heavy atom. The second-order valence-corrected chi connectivity index (χ2v) is 6.96. The number of ketones is 2. The van der Waals surface area contributed by atoms with Gasteiger partial charge in [-0.25, -0.2) is 0 Å². The molecule has 2 aromatic rings. The van der Waals surface area contributed by atoms with Gasteiger partial charge in [0, 0.05) is 23.0 Å². The Morgan fingerprint density at radius 2 is 1.19 bits per heavy atom. The minimum Gasteiger partial charge on any atom is -0.294 e. The number of hydrogen-bond donors (Lipinski definition) is 0. The maximum atomic E-state index is 13.1. The SMILES string of the molecule is C=Cc1ccccc1C(=O)[C@H]1CC[C@H](C(=O)c2ccccc2C=C)C1C. The molecular weight excluding hydrogens is 320 g/mol. The highest BCUT2D eigenvalue weighted by Crippen LogP contribution is 2.41. The molecule has 0 aromatic heterocycles. The van der Waals surface area contributed by atoms with Crippen molar-refractivity contribution in [2.24, 2.45) is 17.8 Å². The lowest BCUT2D eigenvalue weighted by atomic mass is 9.81. The Hall–Kier alpha value is -2.74. The van der Waals surface area contributed by atoms with E-state index in [2.05, 4.69) is 13.2 Å². The molecule has 2 heteroatoms. The van der Waals surface area contributed by atoms with Crippen molar-refractivity contribution in [3.63, 3.8) is 0 Å². The van der Waals surface area contributed by atoms with E-state index < -0.39 is 0 Å². The number of Topliss-reactive ketones (excluding diaryl/α,β-unsaturated/α-hetero) is 2. The average Bonchev–Trinajstić information content (AvgIpc) is 3.08. The molecule has 0 bridgehead atoms. The van der Waals surface area contributed by atoms with Gasteiger partial charge in [-0.1, -0.05) is 80.8 Å². The molecule has 0 amide bonds. The molecule has 1 aliphatic rings. The molecule has 1 aliphatic carbocycles. The summed E-state index contributed by atoms with van der Waals surface area (Å²) < 4.78 is 0. The summed E-state index contributed by atoms with van der Waals surface area (Å²) in [5, 5.41) is 0. The quantitative estimate of drug-likeness (QED) is 0.630. The first-order valence-electron chi connectivity index (χ1n) is 9.09. The van der Waals surface area contributed by atoms with Crippen LogP contribution in [0.5, 0.6) is 0 Å². The molecule has 2 aromatic carbocycles. The number of benzene rings is 2. The summed E-state index contributed by atoms with van der Waals surface area (Å²) in [6.45, 7) is 9.64. The fourth-order valence-electron chi connectivity index (χ4n) is 4.10. The summed E-state index contributed by atoms with van der Waals surface area (Å²) in [6, 6.07) is 15.1. The first-order valence-corrected chi connectivity index (χ1v) is 9.09. The molecule has 0 unspecified atom stereocenters. The Morgan fingerprint density at radius 1 is 0.808 bits per heavy atom. The summed E-state index contributed by atoms with van der Waals surface area (Å²) in [5.74, 6) is 0.0215. The van der Waals surface area contributed by atoms with E-state index in [-0.39, 0.29) is 29.3 Å². The Kier molecular flexibility index (Phi) is 5.32. The molecule has 3 rings (SSSR count). The Balaban J connectivity index is 1.85. The lowest BCUT2D eigenvalue weighted by molar-refractivity contribution is 0.0842. The van der Waals surface area contributed by atoms with Gasteiger partial charge in [0.05, 0.1) is 0 Å². The van der Waals surface area contributed by atoms with E-state index in [9.17, 15) is 9.59 Å². The van der Waals surface area contributed by atoms with Crippen LogP contribution in [0.1, 0.15) is 51.6 Å². The first-order chi connectivity index (χ1) is 12.6. The van der Waals surface area contributed by atoms with Gasteiger partial charge in [-0.3, -0.25) is 9.59 Å². The van der Waals surface area contributed by atoms with Gasteiger partial charge in [-0.05, 0) is 29.9 Å². The molecule has 0 N–H and O–H groups in total. The van der Waals surface area contributed by atoms with Gasteiger partial charge in [0.2, 0.25) is 0 Å². The molecular formula is C24H24O2. The van der Waals surface area contributed by atoms with Crippen LogP contribution in [-0.2, 0) is 0 Å². The highest BCUT2D eigenvalue weighted by Gasteiger charge is 2.41. The van der Waals surface area contributed by atoms with Crippen molar-refractivity contribution in [1.82, 2.24) is 0 Å². The predicted molar refractivity (Wildman–Crippen MR) is 107 cm³/mol. The Bertz CT molecular complexity index is 791. The lowest BCUT2D eigenvalue weighted by Gasteiger charge is -2.20. The van der Waals surface area contributed by atoms with Crippen LogP contribution in [-0.4, -0.2) is 11.6 Å². The standard InChI is InChI=1S/C24H24O2/c1-4-17-10-6-8-12-21(17)23(25)19-14-15-20(16(19)3)24(26)22-13-9-7-11-18(22)5-2/h4-13,16,19-20H,1-2,14-15H2,3H3/t19-,20-/m0/s1. The van der Waals surface area contributed by atoms with Crippen molar-refractivity contribution >= 4 is 23.7 Å². The van der Waals surface area contributed by atoms with E-state index in [4.69, 9.17) is 0 Å².